The topological polar surface area (TPSA) is 69.1 Å². The molecule has 2 N–H and O–H groups in total. The van der Waals surface area contributed by atoms with Crippen molar-refractivity contribution in [2.24, 2.45) is 0 Å². The largest absolute Gasteiger partial charge is 0.382 e. The Morgan fingerprint density at radius 3 is 2.94 bits per heavy atom. The molecule has 17 heavy (non-hydrogen) atoms. The minimum atomic E-state index is 0.499. The molecule has 3 rings (SSSR count). The molecule has 0 atom stereocenters. The summed E-state index contributed by atoms with van der Waals surface area (Å²) < 4.78 is 1.56. The second-order valence-electron chi connectivity index (χ2n) is 3.53. The number of hydrogen-bond donors (Lipinski definition) is 1. The summed E-state index contributed by atoms with van der Waals surface area (Å²) in [6.45, 7) is 0. The maximum atomic E-state index is 6.07. The first kappa shape index (κ1) is 10.0. The fourth-order valence-corrected chi connectivity index (χ4v) is 1.85. The van der Waals surface area contributed by atoms with Crippen molar-refractivity contribution >= 4 is 23.1 Å². The molecule has 0 fully saturated rings. The molecule has 0 saturated heterocycles. The highest BCUT2D eigenvalue weighted by Gasteiger charge is 2.07. The predicted molar refractivity (Wildman–Crippen MR) is 65.6 cm³/mol. The van der Waals surface area contributed by atoms with E-state index in [1.54, 1.807) is 35.2 Å². The molecule has 0 radical (unpaired) electrons. The molecule has 6 heteroatoms. The Bertz CT molecular complexity index is 691. The van der Waals surface area contributed by atoms with Crippen LogP contribution in [0.5, 0.6) is 0 Å². The first-order valence-electron chi connectivity index (χ1n) is 4.96. The Balaban J connectivity index is 2.22. The van der Waals surface area contributed by atoms with Crippen molar-refractivity contribution in [1.29, 1.82) is 0 Å². The number of nitrogen functional groups attached to an aromatic ring is 1. The van der Waals surface area contributed by atoms with Gasteiger partial charge in [-0.25, -0.2) is 4.98 Å². The van der Waals surface area contributed by atoms with Crippen molar-refractivity contribution < 1.29 is 0 Å². The van der Waals surface area contributed by atoms with E-state index in [1.165, 1.54) is 0 Å². The predicted octanol–water partition coefficient (Wildman–Crippen LogP) is 2.03. The average molecular weight is 246 g/mol. The molecule has 0 bridgehead atoms. The third kappa shape index (κ3) is 1.60. The van der Waals surface area contributed by atoms with Crippen LogP contribution in [0.1, 0.15) is 0 Å². The fourth-order valence-electron chi connectivity index (χ4n) is 1.62. The highest BCUT2D eigenvalue weighted by Crippen LogP contribution is 2.25. The van der Waals surface area contributed by atoms with Gasteiger partial charge in [0.05, 0.1) is 23.1 Å². The van der Waals surface area contributed by atoms with Gasteiger partial charge in [0.2, 0.25) is 0 Å². The lowest BCUT2D eigenvalue weighted by atomic mass is 10.2. The van der Waals surface area contributed by atoms with E-state index in [-0.39, 0.29) is 0 Å². The van der Waals surface area contributed by atoms with Crippen LogP contribution in [0, 0.1) is 0 Å². The van der Waals surface area contributed by atoms with Gasteiger partial charge in [0.25, 0.3) is 0 Å². The Kier molecular flexibility index (Phi) is 2.19. The van der Waals surface area contributed by atoms with Gasteiger partial charge >= 0.3 is 0 Å². The number of pyridine rings is 1. The maximum absolute atomic E-state index is 6.07. The van der Waals surface area contributed by atoms with Crippen LogP contribution in [-0.4, -0.2) is 19.6 Å². The van der Waals surface area contributed by atoms with E-state index < -0.39 is 0 Å². The number of halogens is 1. The highest BCUT2D eigenvalue weighted by molar-refractivity contribution is 6.33. The molecule has 0 aromatic carbocycles. The zero-order valence-electron chi connectivity index (χ0n) is 8.71. The molecule has 5 nitrogen and oxygen atoms in total. The minimum absolute atomic E-state index is 0.499. The summed E-state index contributed by atoms with van der Waals surface area (Å²) in [5.74, 6) is 0.499. The second-order valence-corrected chi connectivity index (χ2v) is 3.94. The number of anilines is 1. The number of aromatic nitrogens is 4. The van der Waals surface area contributed by atoms with E-state index in [9.17, 15) is 0 Å². The summed E-state index contributed by atoms with van der Waals surface area (Å²) >= 11 is 6.07. The summed E-state index contributed by atoms with van der Waals surface area (Å²) in [7, 11) is 0. The van der Waals surface area contributed by atoms with Gasteiger partial charge in [0.1, 0.15) is 5.82 Å². The van der Waals surface area contributed by atoms with Crippen LogP contribution in [-0.2, 0) is 0 Å². The molecule has 84 valence electrons. The number of fused-ring (bicyclic) bond motifs is 1. The van der Waals surface area contributed by atoms with Gasteiger partial charge in [-0.1, -0.05) is 11.6 Å². The lowest BCUT2D eigenvalue weighted by Gasteiger charge is -2.03. The average Bonchev–Trinajstić information content (AvgIpc) is 2.71. The van der Waals surface area contributed by atoms with E-state index in [0.717, 1.165) is 5.56 Å². The summed E-state index contributed by atoms with van der Waals surface area (Å²) in [6.07, 6.45) is 4.91. The van der Waals surface area contributed by atoms with E-state index in [2.05, 4.69) is 15.1 Å². The van der Waals surface area contributed by atoms with Crippen LogP contribution < -0.4 is 5.73 Å². The van der Waals surface area contributed by atoms with Crippen LogP contribution in [0.15, 0.2) is 36.8 Å². The third-order valence-electron chi connectivity index (χ3n) is 2.42. The van der Waals surface area contributed by atoms with Gasteiger partial charge in [-0.3, -0.25) is 4.98 Å². The number of nitrogens with zero attached hydrogens (tertiary/aromatic N) is 4. The van der Waals surface area contributed by atoms with Gasteiger partial charge in [0, 0.05) is 11.8 Å². The lowest BCUT2D eigenvalue weighted by molar-refractivity contribution is 0.946. The summed E-state index contributed by atoms with van der Waals surface area (Å²) in [4.78, 5) is 8.36. The number of rotatable bonds is 1. The molecule has 0 aliphatic heterocycles. The monoisotopic (exact) mass is 245 g/mol. The molecule has 3 aromatic heterocycles. The fraction of sp³-hybridized carbons (Fsp3) is 0. The van der Waals surface area contributed by atoms with Crippen molar-refractivity contribution in [1.82, 2.24) is 19.6 Å². The molecule has 0 unspecified atom stereocenters. The zero-order valence-corrected chi connectivity index (χ0v) is 9.46. The van der Waals surface area contributed by atoms with Gasteiger partial charge in [-0.05, 0) is 18.2 Å². The van der Waals surface area contributed by atoms with Crippen LogP contribution in [0.4, 0.5) is 5.82 Å². The third-order valence-corrected chi connectivity index (χ3v) is 2.72. The minimum Gasteiger partial charge on any atom is -0.382 e. The zero-order chi connectivity index (χ0) is 11.8. The molecular weight excluding hydrogens is 238 g/mol. The van der Waals surface area contributed by atoms with Crippen LogP contribution in [0.2, 0.25) is 5.02 Å². The quantitative estimate of drug-likeness (QED) is 0.712. The van der Waals surface area contributed by atoms with E-state index in [1.807, 2.05) is 6.07 Å². The van der Waals surface area contributed by atoms with Gasteiger partial charge < -0.3 is 5.73 Å². The SMILES string of the molecule is Nc1cnc2cc(-c3ncccc3Cl)cnn12. The van der Waals surface area contributed by atoms with E-state index in [4.69, 9.17) is 17.3 Å². The van der Waals surface area contributed by atoms with Crippen molar-refractivity contribution in [3.63, 3.8) is 0 Å². The Morgan fingerprint density at radius 2 is 2.12 bits per heavy atom. The lowest BCUT2D eigenvalue weighted by Crippen LogP contribution is -1.97. The van der Waals surface area contributed by atoms with Crippen molar-refractivity contribution in [3.05, 3.63) is 41.8 Å². The van der Waals surface area contributed by atoms with Crippen molar-refractivity contribution in [2.45, 2.75) is 0 Å². The highest BCUT2D eigenvalue weighted by atomic mass is 35.5. The van der Waals surface area contributed by atoms with Crippen LogP contribution >= 0.6 is 11.6 Å². The van der Waals surface area contributed by atoms with Crippen molar-refractivity contribution in [2.75, 3.05) is 5.73 Å². The summed E-state index contributed by atoms with van der Waals surface area (Å²) in [6, 6.07) is 5.41. The molecule has 0 aliphatic rings. The van der Waals surface area contributed by atoms with E-state index in [0.29, 0.717) is 22.2 Å². The molecule has 0 aliphatic carbocycles. The van der Waals surface area contributed by atoms with Gasteiger partial charge in [-0.15, -0.1) is 0 Å². The van der Waals surface area contributed by atoms with Crippen molar-refractivity contribution in [3.8, 4) is 11.3 Å². The Morgan fingerprint density at radius 1 is 1.24 bits per heavy atom. The number of hydrogen-bond acceptors (Lipinski definition) is 4. The molecular formula is C11H8ClN5. The summed E-state index contributed by atoms with van der Waals surface area (Å²) in [5.41, 5.74) is 7.86. The molecule has 3 heterocycles. The Labute approximate surface area is 102 Å². The molecule has 0 spiro atoms. The van der Waals surface area contributed by atoms with Crippen LogP contribution in [0.25, 0.3) is 16.9 Å². The van der Waals surface area contributed by atoms with Gasteiger partial charge in [0.15, 0.2) is 5.65 Å². The first-order valence-corrected chi connectivity index (χ1v) is 5.33. The number of nitrogens with two attached hydrogens (primary N) is 1. The molecule has 0 saturated carbocycles. The number of imidazole rings is 1. The standard InChI is InChI=1S/C11H8ClN5/c12-8-2-1-3-14-11(8)7-4-10-15-6-9(13)17(10)16-5-7/h1-6H,13H2. The molecule has 0 amide bonds. The van der Waals surface area contributed by atoms with E-state index >= 15 is 0 Å². The normalized spacial score (nSPS) is 10.9. The van der Waals surface area contributed by atoms with Gasteiger partial charge in [-0.2, -0.15) is 9.61 Å². The van der Waals surface area contributed by atoms with Crippen LogP contribution in [0.3, 0.4) is 0 Å². The smallest absolute Gasteiger partial charge is 0.156 e. The maximum Gasteiger partial charge on any atom is 0.156 e. The second kappa shape index (κ2) is 3.71. The molecule has 3 aromatic rings. The summed E-state index contributed by atoms with van der Waals surface area (Å²) in [5, 5.41) is 4.77. The Hall–Kier alpha value is -2.14. The first-order chi connectivity index (χ1) is 8.25.